The number of ether oxygens (including phenoxy) is 3. The summed E-state index contributed by atoms with van der Waals surface area (Å²) >= 11 is 6.08. The van der Waals surface area contributed by atoms with E-state index in [4.69, 9.17) is 35.9 Å². The summed E-state index contributed by atoms with van der Waals surface area (Å²) in [6.45, 7) is 1.82. The number of hydrogen-bond acceptors (Lipinski definition) is 8. The van der Waals surface area contributed by atoms with Gasteiger partial charge < -0.3 is 24.8 Å². The lowest BCUT2D eigenvalue weighted by atomic mass is 9.94. The summed E-state index contributed by atoms with van der Waals surface area (Å²) in [5.41, 5.74) is 2.49. The molecule has 2 aromatic carbocycles. The van der Waals surface area contributed by atoms with Gasteiger partial charge in [0.2, 0.25) is 11.7 Å². The van der Waals surface area contributed by atoms with Crippen molar-refractivity contribution in [3.63, 3.8) is 0 Å². The molecule has 0 saturated carbocycles. The minimum atomic E-state index is -0.683. The van der Waals surface area contributed by atoms with E-state index in [9.17, 15) is 4.79 Å². The first kappa shape index (κ1) is 25.1. The maximum atomic E-state index is 13.7. The predicted octanol–water partition coefficient (Wildman–Crippen LogP) is 4.95. The molecule has 0 saturated heterocycles. The standard InChI is InChI=1S/C27H25ClN6O4/c1-15-22(26(35)31-21-7-5-6-12-29-21)23(17-13-19(36-2)24(38-4)20(14-17)37-3)34-27(30-15)32-25(33-34)16-8-10-18(28)11-9-16/h5-14,23H,1-4H3,(H,29,31,35)(H,30,32,33). The number of nitrogens with zero attached hydrogens (tertiary/aromatic N) is 4. The van der Waals surface area contributed by atoms with Gasteiger partial charge in [-0.05, 0) is 61.0 Å². The molecule has 1 aliphatic rings. The first-order chi connectivity index (χ1) is 18.4. The van der Waals surface area contributed by atoms with Crippen molar-refractivity contribution in [3.8, 4) is 28.6 Å². The van der Waals surface area contributed by atoms with Gasteiger partial charge in [0.1, 0.15) is 11.9 Å². The smallest absolute Gasteiger partial charge is 0.257 e. The maximum Gasteiger partial charge on any atom is 0.257 e. The van der Waals surface area contributed by atoms with Gasteiger partial charge in [0.05, 0.1) is 26.9 Å². The number of aromatic nitrogens is 4. The van der Waals surface area contributed by atoms with Crippen LogP contribution in [0.15, 0.2) is 72.1 Å². The third-order valence-corrected chi connectivity index (χ3v) is 6.36. The quantitative estimate of drug-likeness (QED) is 0.344. The Balaban J connectivity index is 1.67. The zero-order valence-electron chi connectivity index (χ0n) is 21.2. The van der Waals surface area contributed by atoms with Crippen molar-refractivity contribution >= 4 is 29.3 Å². The summed E-state index contributed by atoms with van der Waals surface area (Å²) in [7, 11) is 4.62. The number of nitrogens with one attached hydrogen (secondary N) is 2. The topological polar surface area (TPSA) is 112 Å². The summed E-state index contributed by atoms with van der Waals surface area (Å²) in [5, 5.41) is 11.5. The van der Waals surface area contributed by atoms with Gasteiger partial charge >= 0.3 is 0 Å². The van der Waals surface area contributed by atoms with Crippen LogP contribution in [-0.2, 0) is 4.79 Å². The van der Waals surface area contributed by atoms with Gasteiger partial charge in [0.15, 0.2) is 17.3 Å². The van der Waals surface area contributed by atoms with Gasteiger partial charge in [0, 0.05) is 22.5 Å². The summed E-state index contributed by atoms with van der Waals surface area (Å²) in [6, 6.07) is 15.4. The van der Waals surface area contributed by atoms with Gasteiger partial charge in [-0.15, -0.1) is 5.10 Å². The van der Waals surface area contributed by atoms with Crippen LogP contribution >= 0.6 is 11.6 Å². The lowest BCUT2D eigenvalue weighted by molar-refractivity contribution is -0.113. The van der Waals surface area contributed by atoms with Gasteiger partial charge in [0.25, 0.3) is 5.91 Å². The minimum absolute atomic E-state index is 0.346. The van der Waals surface area contributed by atoms with Crippen LogP contribution in [-0.4, -0.2) is 47.0 Å². The Bertz CT molecular complexity index is 1490. The van der Waals surface area contributed by atoms with E-state index in [-0.39, 0.29) is 5.91 Å². The zero-order chi connectivity index (χ0) is 26.8. The Hall–Kier alpha value is -4.57. The average Bonchev–Trinajstić information content (AvgIpc) is 3.35. The number of fused-ring (bicyclic) bond motifs is 1. The molecule has 2 aromatic heterocycles. The third-order valence-electron chi connectivity index (χ3n) is 6.11. The monoisotopic (exact) mass is 532 g/mol. The number of pyridine rings is 1. The molecule has 1 unspecified atom stereocenters. The molecule has 1 atom stereocenters. The van der Waals surface area contributed by atoms with Crippen LogP contribution in [0.3, 0.4) is 0 Å². The largest absolute Gasteiger partial charge is 0.493 e. The van der Waals surface area contributed by atoms with Crippen LogP contribution in [0.5, 0.6) is 17.2 Å². The SMILES string of the molecule is COc1cc(C2C(C(=O)Nc3ccccn3)=C(C)Nc3nc(-c4ccc(Cl)cc4)nn32)cc(OC)c1OC. The van der Waals surface area contributed by atoms with Crippen molar-refractivity contribution in [2.75, 3.05) is 32.0 Å². The first-order valence-electron chi connectivity index (χ1n) is 11.7. The van der Waals surface area contributed by atoms with E-state index >= 15 is 0 Å². The summed E-state index contributed by atoms with van der Waals surface area (Å²) < 4.78 is 18.4. The van der Waals surface area contributed by atoms with Crippen molar-refractivity contribution in [2.45, 2.75) is 13.0 Å². The Morgan fingerprint density at radius 3 is 2.34 bits per heavy atom. The summed E-state index contributed by atoms with van der Waals surface area (Å²) in [4.78, 5) is 22.6. The van der Waals surface area contributed by atoms with Crippen molar-refractivity contribution in [1.82, 2.24) is 19.7 Å². The molecule has 0 bridgehead atoms. The van der Waals surface area contributed by atoms with Crippen LogP contribution in [0.25, 0.3) is 11.4 Å². The number of allylic oxidation sites excluding steroid dienone is 1. The van der Waals surface area contributed by atoms with Crippen LogP contribution in [0.2, 0.25) is 5.02 Å². The molecule has 0 aliphatic carbocycles. The fourth-order valence-electron chi connectivity index (χ4n) is 4.35. The van der Waals surface area contributed by atoms with Gasteiger partial charge in [-0.1, -0.05) is 17.7 Å². The summed E-state index contributed by atoms with van der Waals surface area (Å²) in [5.74, 6) is 2.36. The Kier molecular flexibility index (Phi) is 6.89. The van der Waals surface area contributed by atoms with Crippen molar-refractivity contribution in [3.05, 3.63) is 82.7 Å². The highest BCUT2D eigenvalue weighted by molar-refractivity contribution is 6.30. The average molecular weight is 533 g/mol. The van der Waals surface area contributed by atoms with Crippen molar-refractivity contribution in [1.29, 1.82) is 0 Å². The second-order valence-corrected chi connectivity index (χ2v) is 8.84. The molecule has 2 N–H and O–H groups in total. The molecule has 10 nitrogen and oxygen atoms in total. The van der Waals surface area contributed by atoms with E-state index in [2.05, 4.69) is 15.6 Å². The Morgan fingerprint density at radius 2 is 1.74 bits per heavy atom. The van der Waals surface area contributed by atoms with Gasteiger partial charge in [-0.3, -0.25) is 4.79 Å². The van der Waals surface area contributed by atoms with E-state index in [0.717, 1.165) is 5.56 Å². The number of hydrogen-bond donors (Lipinski definition) is 2. The molecule has 194 valence electrons. The number of carbonyl (C=O) groups is 1. The van der Waals surface area contributed by atoms with Crippen LogP contribution in [0, 0.1) is 0 Å². The molecule has 0 spiro atoms. The number of rotatable bonds is 7. The van der Waals surface area contributed by atoms with Crippen molar-refractivity contribution < 1.29 is 19.0 Å². The number of halogens is 1. The van der Waals surface area contributed by atoms with Crippen molar-refractivity contribution in [2.24, 2.45) is 0 Å². The van der Waals surface area contributed by atoms with Crippen LogP contribution < -0.4 is 24.8 Å². The molecule has 38 heavy (non-hydrogen) atoms. The fraction of sp³-hybridized carbons (Fsp3) is 0.185. The number of carbonyl (C=O) groups excluding carboxylic acids is 1. The van der Waals surface area contributed by atoms with E-state index in [1.807, 2.05) is 19.1 Å². The second kappa shape index (κ2) is 10.4. The van der Waals surface area contributed by atoms with Gasteiger partial charge in [-0.25, -0.2) is 9.67 Å². The molecule has 11 heteroatoms. The van der Waals surface area contributed by atoms with E-state index in [1.165, 1.54) is 7.11 Å². The lowest BCUT2D eigenvalue weighted by Crippen LogP contribution is -2.31. The maximum absolute atomic E-state index is 13.7. The summed E-state index contributed by atoms with van der Waals surface area (Å²) in [6.07, 6.45) is 1.61. The highest BCUT2D eigenvalue weighted by Crippen LogP contribution is 2.44. The Labute approximate surface area is 224 Å². The first-order valence-corrected chi connectivity index (χ1v) is 12.0. The van der Waals surface area contributed by atoms with Crippen LogP contribution in [0.1, 0.15) is 18.5 Å². The predicted molar refractivity (Wildman–Crippen MR) is 144 cm³/mol. The lowest BCUT2D eigenvalue weighted by Gasteiger charge is -2.29. The second-order valence-electron chi connectivity index (χ2n) is 8.40. The number of benzene rings is 2. The third kappa shape index (κ3) is 4.61. The Morgan fingerprint density at radius 1 is 1.03 bits per heavy atom. The molecule has 1 aliphatic heterocycles. The van der Waals surface area contributed by atoms with Gasteiger partial charge in [-0.2, -0.15) is 4.98 Å². The molecule has 3 heterocycles. The molecular weight excluding hydrogens is 508 g/mol. The number of amides is 1. The number of methoxy groups -OCH3 is 3. The van der Waals surface area contributed by atoms with E-state index < -0.39 is 6.04 Å². The highest BCUT2D eigenvalue weighted by atomic mass is 35.5. The van der Waals surface area contributed by atoms with E-state index in [0.29, 0.717) is 56.7 Å². The molecule has 5 rings (SSSR count). The normalized spacial score (nSPS) is 14.4. The molecule has 4 aromatic rings. The number of anilines is 2. The highest BCUT2D eigenvalue weighted by Gasteiger charge is 2.36. The zero-order valence-corrected chi connectivity index (χ0v) is 21.9. The van der Waals surface area contributed by atoms with Crippen LogP contribution in [0.4, 0.5) is 11.8 Å². The molecular formula is C27H25ClN6O4. The van der Waals surface area contributed by atoms with E-state index in [1.54, 1.807) is 67.6 Å². The molecule has 0 fully saturated rings. The minimum Gasteiger partial charge on any atom is -0.493 e. The fourth-order valence-corrected chi connectivity index (χ4v) is 4.48. The molecule has 1 amide bonds. The molecule has 0 radical (unpaired) electrons.